The van der Waals surface area contributed by atoms with Crippen LogP contribution in [-0.2, 0) is 0 Å². The first-order valence-corrected chi connectivity index (χ1v) is 17.4. The van der Waals surface area contributed by atoms with E-state index in [9.17, 15) is 0 Å². The van der Waals surface area contributed by atoms with Gasteiger partial charge in [-0.1, -0.05) is 91.0 Å². The van der Waals surface area contributed by atoms with E-state index in [0.717, 1.165) is 22.6 Å². The third-order valence-corrected chi connectivity index (χ3v) is 10.5. The summed E-state index contributed by atoms with van der Waals surface area (Å²) in [5.74, 6) is 0. The Morgan fingerprint density at radius 3 is 1.43 bits per heavy atom. The summed E-state index contributed by atoms with van der Waals surface area (Å²) in [5, 5.41) is 7.45. The van der Waals surface area contributed by atoms with E-state index in [4.69, 9.17) is 0 Å². The van der Waals surface area contributed by atoms with Crippen LogP contribution < -0.4 is 0 Å². The maximum Gasteiger partial charge on any atom is 0.0724 e. The molecule has 0 aliphatic rings. The van der Waals surface area contributed by atoms with Gasteiger partial charge in [0.25, 0.3) is 0 Å². The van der Waals surface area contributed by atoms with Crippen molar-refractivity contribution in [2.24, 2.45) is 0 Å². The predicted octanol–water partition coefficient (Wildman–Crippen LogP) is 12.0. The highest BCUT2D eigenvalue weighted by Crippen LogP contribution is 2.38. The SMILES string of the molecule is c1ccc(-n2c3ccc(-c4ccc(-n5c6ccccc6c6cc(-n7c8ccccc8c8ccccc87)ccc65)cc4)cc3c3ccncc32)cc1. The Balaban J connectivity index is 1.04. The zero-order valence-electron chi connectivity index (χ0n) is 27.6. The van der Waals surface area contributed by atoms with Gasteiger partial charge in [-0.25, -0.2) is 0 Å². The van der Waals surface area contributed by atoms with Gasteiger partial charge >= 0.3 is 0 Å². The molecule has 4 heteroatoms. The molecule has 0 spiro atoms. The second-order valence-electron chi connectivity index (χ2n) is 13.3. The Labute approximate surface area is 293 Å². The molecule has 0 radical (unpaired) electrons. The predicted molar refractivity (Wildman–Crippen MR) is 213 cm³/mol. The fourth-order valence-electron chi connectivity index (χ4n) is 8.29. The fraction of sp³-hybridized carbons (Fsp3) is 0. The molecular weight excluding hydrogens is 621 g/mol. The first kappa shape index (κ1) is 28.0. The van der Waals surface area contributed by atoms with E-state index in [-0.39, 0.29) is 0 Å². The summed E-state index contributed by atoms with van der Waals surface area (Å²) < 4.78 is 7.10. The monoisotopic (exact) mass is 650 g/mol. The van der Waals surface area contributed by atoms with E-state index >= 15 is 0 Å². The van der Waals surface area contributed by atoms with Crippen molar-refractivity contribution in [2.75, 3.05) is 0 Å². The van der Waals surface area contributed by atoms with Crippen molar-refractivity contribution in [3.8, 4) is 28.2 Å². The van der Waals surface area contributed by atoms with Crippen LogP contribution in [0.3, 0.4) is 0 Å². The molecule has 4 heterocycles. The van der Waals surface area contributed by atoms with E-state index in [1.54, 1.807) is 0 Å². The molecule has 238 valence electrons. The van der Waals surface area contributed by atoms with Gasteiger partial charge < -0.3 is 13.7 Å². The average molecular weight is 651 g/mol. The normalized spacial score (nSPS) is 11.9. The summed E-state index contributed by atoms with van der Waals surface area (Å²) in [4.78, 5) is 4.47. The van der Waals surface area contributed by atoms with Gasteiger partial charge in [0.1, 0.15) is 0 Å². The van der Waals surface area contributed by atoms with Crippen molar-refractivity contribution in [3.05, 3.63) is 182 Å². The summed E-state index contributed by atoms with van der Waals surface area (Å²) >= 11 is 0. The standard InChI is InChI=1S/C47H30N4/c1-2-10-33(11-3-1)50-45-24-20-32(28-40(45)39-26-27-48-30-47(39)50)31-18-21-34(22-19-31)49-44-17-9-6-14-38(44)41-29-35(23-25-46(41)49)51-42-15-7-4-12-36(42)37-13-5-8-16-43(37)51/h1-30H. The van der Waals surface area contributed by atoms with Crippen LogP contribution in [0.4, 0.5) is 0 Å². The Hall–Kier alpha value is -6.91. The van der Waals surface area contributed by atoms with E-state index in [2.05, 4.69) is 189 Å². The molecule has 4 nitrogen and oxygen atoms in total. The van der Waals surface area contributed by atoms with Gasteiger partial charge in [-0.3, -0.25) is 4.98 Å². The molecule has 0 unspecified atom stereocenters. The van der Waals surface area contributed by atoms with Crippen LogP contribution >= 0.6 is 0 Å². The van der Waals surface area contributed by atoms with Gasteiger partial charge in [0, 0.05) is 55.6 Å². The number of nitrogens with zero attached hydrogens (tertiary/aromatic N) is 4. The van der Waals surface area contributed by atoms with Crippen molar-refractivity contribution in [1.82, 2.24) is 18.7 Å². The summed E-state index contributed by atoms with van der Waals surface area (Å²) in [6, 6.07) is 61.5. The van der Waals surface area contributed by atoms with Crippen molar-refractivity contribution >= 4 is 65.4 Å². The lowest BCUT2D eigenvalue weighted by Crippen LogP contribution is -1.96. The first-order valence-electron chi connectivity index (χ1n) is 17.4. The van der Waals surface area contributed by atoms with E-state index in [1.165, 1.54) is 71.0 Å². The zero-order valence-corrected chi connectivity index (χ0v) is 27.6. The minimum Gasteiger partial charge on any atom is -0.309 e. The molecule has 0 fully saturated rings. The number of para-hydroxylation sites is 4. The number of hydrogen-bond donors (Lipinski definition) is 0. The van der Waals surface area contributed by atoms with Crippen molar-refractivity contribution in [2.45, 2.75) is 0 Å². The molecule has 11 aromatic rings. The van der Waals surface area contributed by atoms with E-state index in [1.807, 2.05) is 12.4 Å². The highest BCUT2D eigenvalue weighted by atomic mass is 15.0. The zero-order chi connectivity index (χ0) is 33.5. The second kappa shape index (κ2) is 10.8. The van der Waals surface area contributed by atoms with Crippen LogP contribution in [0.25, 0.3) is 93.6 Å². The van der Waals surface area contributed by atoms with Gasteiger partial charge in [0.15, 0.2) is 0 Å². The number of pyridine rings is 1. The molecule has 0 bridgehead atoms. The van der Waals surface area contributed by atoms with Gasteiger partial charge in [0.05, 0.1) is 39.3 Å². The lowest BCUT2D eigenvalue weighted by atomic mass is 10.0. The number of aromatic nitrogens is 4. The molecular formula is C47H30N4. The van der Waals surface area contributed by atoms with E-state index < -0.39 is 0 Å². The molecule has 0 aliphatic heterocycles. The van der Waals surface area contributed by atoms with Gasteiger partial charge in [0.2, 0.25) is 0 Å². The summed E-state index contributed by atoms with van der Waals surface area (Å²) in [6.07, 6.45) is 3.85. The molecule has 0 saturated carbocycles. The number of hydrogen-bond acceptors (Lipinski definition) is 1. The third kappa shape index (κ3) is 4.11. The van der Waals surface area contributed by atoms with E-state index in [0.29, 0.717) is 0 Å². The summed E-state index contributed by atoms with van der Waals surface area (Å²) in [6.45, 7) is 0. The van der Waals surface area contributed by atoms with Crippen molar-refractivity contribution in [3.63, 3.8) is 0 Å². The Kier molecular flexibility index (Phi) is 5.92. The molecule has 11 rings (SSSR count). The molecule has 0 aliphatic carbocycles. The van der Waals surface area contributed by atoms with Crippen LogP contribution in [-0.4, -0.2) is 18.7 Å². The lowest BCUT2D eigenvalue weighted by Gasteiger charge is -2.11. The van der Waals surface area contributed by atoms with Crippen LogP contribution in [0.15, 0.2) is 182 Å². The quantitative estimate of drug-likeness (QED) is 0.186. The van der Waals surface area contributed by atoms with Crippen LogP contribution in [0, 0.1) is 0 Å². The number of fused-ring (bicyclic) bond motifs is 9. The second-order valence-corrected chi connectivity index (χ2v) is 13.3. The third-order valence-electron chi connectivity index (χ3n) is 10.5. The van der Waals surface area contributed by atoms with Crippen molar-refractivity contribution in [1.29, 1.82) is 0 Å². The molecule has 4 aromatic heterocycles. The van der Waals surface area contributed by atoms with Crippen LogP contribution in [0.2, 0.25) is 0 Å². The Morgan fingerprint density at radius 1 is 0.294 bits per heavy atom. The van der Waals surface area contributed by atoms with Crippen LogP contribution in [0.1, 0.15) is 0 Å². The first-order chi connectivity index (χ1) is 25.3. The molecule has 51 heavy (non-hydrogen) atoms. The fourth-order valence-corrected chi connectivity index (χ4v) is 8.29. The van der Waals surface area contributed by atoms with Gasteiger partial charge in [-0.2, -0.15) is 0 Å². The van der Waals surface area contributed by atoms with Crippen LogP contribution in [0.5, 0.6) is 0 Å². The Bertz CT molecular complexity index is 3070. The van der Waals surface area contributed by atoms with Crippen molar-refractivity contribution < 1.29 is 0 Å². The number of benzene rings is 7. The van der Waals surface area contributed by atoms with Gasteiger partial charge in [-0.15, -0.1) is 0 Å². The smallest absolute Gasteiger partial charge is 0.0724 e. The molecule has 0 N–H and O–H groups in total. The average Bonchev–Trinajstić information content (AvgIpc) is 3.84. The molecule has 7 aromatic carbocycles. The minimum absolute atomic E-state index is 1.11. The molecule has 0 amide bonds. The molecule has 0 atom stereocenters. The Morgan fingerprint density at radius 2 is 0.745 bits per heavy atom. The molecule has 0 saturated heterocycles. The topological polar surface area (TPSA) is 27.7 Å². The summed E-state index contributed by atoms with van der Waals surface area (Å²) in [7, 11) is 0. The lowest BCUT2D eigenvalue weighted by molar-refractivity contribution is 1.16. The van der Waals surface area contributed by atoms with Gasteiger partial charge in [-0.05, 0) is 90.0 Å². The largest absolute Gasteiger partial charge is 0.309 e. The maximum atomic E-state index is 4.47. The minimum atomic E-state index is 1.11. The summed E-state index contributed by atoms with van der Waals surface area (Å²) in [5.41, 5.74) is 12.9. The maximum absolute atomic E-state index is 4.47. The highest BCUT2D eigenvalue weighted by Gasteiger charge is 2.17. The number of rotatable bonds is 4. The highest BCUT2D eigenvalue weighted by molar-refractivity contribution is 6.13.